The van der Waals surface area contributed by atoms with E-state index in [9.17, 15) is 4.79 Å². The summed E-state index contributed by atoms with van der Waals surface area (Å²) in [6.07, 6.45) is 0. The molecule has 2 rings (SSSR count). The highest BCUT2D eigenvalue weighted by Gasteiger charge is 2.08. The number of hydrogen-bond donors (Lipinski definition) is 3. The second-order valence-corrected chi connectivity index (χ2v) is 6.91. The lowest BCUT2D eigenvalue weighted by atomic mass is 10.1. The Morgan fingerprint density at radius 1 is 1.22 bits per heavy atom. The summed E-state index contributed by atoms with van der Waals surface area (Å²) in [6, 6.07) is 9.20. The molecule has 1 amide bonds. The predicted molar refractivity (Wildman–Crippen MR) is 121 cm³/mol. The maximum absolute atomic E-state index is 12.1. The van der Waals surface area contributed by atoms with Crippen molar-refractivity contribution < 1.29 is 9.32 Å². The Kier molecular flexibility index (Phi) is 10.4. The fraction of sp³-hybridized carbons (Fsp3) is 0.389. The average Bonchev–Trinajstić information content (AvgIpc) is 3.10. The molecule has 0 aliphatic rings. The van der Waals surface area contributed by atoms with E-state index in [1.165, 1.54) is 0 Å². The second kappa shape index (κ2) is 12.0. The van der Waals surface area contributed by atoms with Gasteiger partial charge >= 0.3 is 0 Å². The van der Waals surface area contributed by atoms with Crippen molar-refractivity contribution >= 4 is 51.8 Å². The summed E-state index contributed by atoms with van der Waals surface area (Å²) in [6.45, 7) is 5.65. The molecule has 1 aromatic heterocycles. The molecule has 0 aliphatic heterocycles. The zero-order valence-electron chi connectivity index (χ0n) is 15.6. The lowest BCUT2D eigenvalue weighted by Crippen LogP contribution is -2.41. The van der Waals surface area contributed by atoms with E-state index in [0.717, 1.165) is 15.9 Å². The molecule has 0 spiro atoms. The van der Waals surface area contributed by atoms with Crippen LogP contribution in [0.4, 0.5) is 0 Å². The van der Waals surface area contributed by atoms with Gasteiger partial charge in [-0.15, -0.1) is 24.0 Å². The fourth-order valence-electron chi connectivity index (χ4n) is 2.16. The van der Waals surface area contributed by atoms with Crippen LogP contribution in [0.3, 0.4) is 0 Å². The van der Waals surface area contributed by atoms with Gasteiger partial charge in [0.15, 0.2) is 11.7 Å². The van der Waals surface area contributed by atoms with Crippen LogP contribution in [-0.2, 0) is 6.54 Å². The zero-order valence-corrected chi connectivity index (χ0v) is 19.5. The Hall–Kier alpha value is -1.62. The smallest absolute Gasteiger partial charge is 0.251 e. The molecule has 9 heteroatoms. The molecule has 27 heavy (non-hydrogen) atoms. The molecule has 1 aromatic carbocycles. The van der Waals surface area contributed by atoms with Gasteiger partial charge in [-0.3, -0.25) is 9.79 Å². The molecule has 7 nitrogen and oxygen atoms in total. The summed E-state index contributed by atoms with van der Waals surface area (Å²) < 4.78 is 6.16. The lowest BCUT2D eigenvalue weighted by Gasteiger charge is -2.11. The highest BCUT2D eigenvalue weighted by Crippen LogP contribution is 2.13. The maximum atomic E-state index is 12.1. The van der Waals surface area contributed by atoms with E-state index >= 15 is 0 Å². The van der Waals surface area contributed by atoms with Crippen molar-refractivity contribution in [3.63, 3.8) is 0 Å². The third-order valence-corrected chi connectivity index (χ3v) is 4.11. The van der Waals surface area contributed by atoms with E-state index in [1.807, 2.05) is 18.2 Å². The van der Waals surface area contributed by atoms with Crippen molar-refractivity contribution in [1.29, 1.82) is 0 Å². The Morgan fingerprint density at radius 3 is 2.59 bits per heavy atom. The molecular weight excluding hydrogens is 525 g/mol. The van der Waals surface area contributed by atoms with Crippen molar-refractivity contribution in [2.75, 3.05) is 20.1 Å². The van der Waals surface area contributed by atoms with Gasteiger partial charge < -0.3 is 20.5 Å². The Labute approximate surface area is 184 Å². The van der Waals surface area contributed by atoms with Crippen molar-refractivity contribution in [2.24, 2.45) is 4.99 Å². The number of aliphatic imine (C=N–C) groups is 1. The van der Waals surface area contributed by atoms with Crippen LogP contribution >= 0.6 is 39.9 Å². The third-order valence-electron chi connectivity index (χ3n) is 3.61. The van der Waals surface area contributed by atoms with Crippen LogP contribution in [-0.4, -0.2) is 37.2 Å². The van der Waals surface area contributed by atoms with Gasteiger partial charge in [-0.2, -0.15) is 0 Å². The van der Waals surface area contributed by atoms with Gasteiger partial charge in [0.05, 0.1) is 12.2 Å². The first-order valence-electron chi connectivity index (χ1n) is 8.43. The third kappa shape index (κ3) is 7.87. The number of benzene rings is 1. The van der Waals surface area contributed by atoms with E-state index in [0.29, 0.717) is 37.1 Å². The molecule has 0 saturated carbocycles. The molecule has 3 N–H and O–H groups in total. The number of rotatable bonds is 7. The Bertz CT molecular complexity index is 764. The largest absolute Gasteiger partial charge is 0.359 e. The second-order valence-electron chi connectivity index (χ2n) is 5.99. The molecule has 0 unspecified atom stereocenters. The number of amides is 1. The van der Waals surface area contributed by atoms with Crippen LogP contribution in [0.5, 0.6) is 0 Å². The first-order valence-corrected chi connectivity index (χ1v) is 9.22. The van der Waals surface area contributed by atoms with Crippen molar-refractivity contribution in [3.05, 3.63) is 51.8 Å². The summed E-state index contributed by atoms with van der Waals surface area (Å²) in [5.41, 5.74) is 1.55. The van der Waals surface area contributed by atoms with Gasteiger partial charge in [0.1, 0.15) is 0 Å². The van der Waals surface area contributed by atoms with Crippen LogP contribution in [0.25, 0.3) is 0 Å². The van der Waals surface area contributed by atoms with Crippen LogP contribution < -0.4 is 16.0 Å². The monoisotopic (exact) mass is 549 g/mol. The van der Waals surface area contributed by atoms with E-state index in [1.54, 1.807) is 19.2 Å². The standard InChI is InChI=1S/C18H24BrN5O2.HI/c1-12(2)16-10-15(26-24-16)11-23-18(20-3)22-8-7-21-17(25)13-5-4-6-14(19)9-13;/h4-6,9-10,12H,7-8,11H2,1-3H3,(H,21,25)(H2,20,22,23);1H. The van der Waals surface area contributed by atoms with Crippen LogP contribution in [0.1, 0.15) is 41.6 Å². The summed E-state index contributed by atoms with van der Waals surface area (Å²) in [7, 11) is 1.69. The summed E-state index contributed by atoms with van der Waals surface area (Å²) in [5, 5.41) is 13.2. The molecule has 0 atom stereocenters. The van der Waals surface area contributed by atoms with E-state index in [-0.39, 0.29) is 29.9 Å². The summed E-state index contributed by atoms with van der Waals surface area (Å²) >= 11 is 3.36. The van der Waals surface area contributed by atoms with Crippen molar-refractivity contribution in [3.8, 4) is 0 Å². The predicted octanol–water partition coefficient (Wildman–Crippen LogP) is 3.27. The number of guanidine groups is 1. The first kappa shape index (κ1) is 23.4. The minimum Gasteiger partial charge on any atom is -0.359 e. The SMILES string of the molecule is CN=C(NCCNC(=O)c1cccc(Br)c1)NCc1cc(C(C)C)no1.I. The number of halogens is 2. The minimum absolute atomic E-state index is 0. The number of nitrogens with one attached hydrogen (secondary N) is 3. The highest BCUT2D eigenvalue weighted by molar-refractivity contribution is 14.0. The van der Waals surface area contributed by atoms with Crippen LogP contribution in [0, 0.1) is 0 Å². The van der Waals surface area contributed by atoms with Crippen molar-refractivity contribution in [2.45, 2.75) is 26.3 Å². The minimum atomic E-state index is -0.112. The molecular formula is C18H25BrIN5O2. The molecule has 0 saturated heterocycles. The molecule has 0 radical (unpaired) electrons. The van der Waals surface area contributed by atoms with Crippen LogP contribution in [0.15, 0.2) is 44.3 Å². The quantitative estimate of drug-likeness (QED) is 0.213. The summed E-state index contributed by atoms with van der Waals surface area (Å²) in [4.78, 5) is 16.2. The summed E-state index contributed by atoms with van der Waals surface area (Å²) in [5.74, 6) is 1.60. The number of carbonyl (C=O) groups is 1. The van der Waals surface area contributed by atoms with Gasteiger partial charge in [-0.05, 0) is 24.1 Å². The average molecular weight is 550 g/mol. The molecule has 1 heterocycles. The normalized spacial score (nSPS) is 11.1. The van der Waals surface area contributed by atoms with E-state index in [2.05, 4.69) is 55.9 Å². The zero-order chi connectivity index (χ0) is 18.9. The fourth-order valence-corrected chi connectivity index (χ4v) is 2.56. The highest BCUT2D eigenvalue weighted by atomic mass is 127. The molecule has 2 aromatic rings. The number of hydrogen-bond acceptors (Lipinski definition) is 4. The maximum Gasteiger partial charge on any atom is 0.251 e. The Balaban J connectivity index is 0.00000364. The molecule has 0 bridgehead atoms. The van der Waals surface area contributed by atoms with Gasteiger partial charge in [0, 0.05) is 36.2 Å². The number of aromatic nitrogens is 1. The van der Waals surface area contributed by atoms with Gasteiger partial charge in [0.25, 0.3) is 5.91 Å². The molecule has 0 fully saturated rings. The molecule has 148 valence electrons. The number of carbonyl (C=O) groups excluding carboxylic acids is 1. The van der Waals surface area contributed by atoms with Gasteiger partial charge in [-0.25, -0.2) is 0 Å². The van der Waals surface area contributed by atoms with Crippen LogP contribution in [0.2, 0.25) is 0 Å². The molecule has 0 aliphatic carbocycles. The Morgan fingerprint density at radius 2 is 1.96 bits per heavy atom. The van der Waals surface area contributed by atoms with E-state index < -0.39 is 0 Å². The van der Waals surface area contributed by atoms with E-state index in [4.69, 9.17) is 4.52 Å². The first-order chi connectivity index (χ1) is 12.5. The van der Waals surface area contributed by atoms with Crippen molar-refractivity contribution in [1.82, 2.24) is 21.1 Å². The lowest BCUT2D eigenvalue weighted by molar-refractivity contribution is 0.0954. The van der Waals surface area contributed by atoms with Gasteiger partial charge in [-0.1, -0.05) is 41.0 Å². The van der Waals surface area contributed by atoms with Gasteiger partial charge in [0.2, 0.25) is 0 Å². The topological polar surface area (TPSA) is 91.5 Å². The number of nitrogens with zero attached hydrogens (tertiary/aromatic N) is 2.